The Morgan fingerprint density at radius 2 is 2.25 bits per heavy atom. The molecule has 0 radical (unpaired) electrons. The maximum absolute atomic E-state index is 6.03. The normalized spacial score (nSPS) is 11.9. The van der Waals surface area contributed by atoms with Crippen molar-refractivity contribution in [3.05, 3.63) is 27.7 Å². The first-order valence-corrected chi connectivity index (χ1v) is 6.18. The second-order valence-corrected chi connectivity index (χ2v) is 5.19. The van der Waals surface area contributed by atoms with Gasteiger partial charge >= 0.3 is 0 Å². The smallest absolute Gasteiger partial charge is 0.193 e. The summed E-state index contributed by atoms with van der Waals surface area (Å²) in [5, 5.41) is 3.58. The summed E-state index contributed by atoms with van der Waals surface area (Å²) < 4.78 is 0.931. The number of benzene rings is 1. The van der Waals surface area contributed by atoms with Gasteiger partial charge in [-0.3, -0.25) is 4.99 Å². The van der Waals surface area contributed by atoms with Gasteiger partial charge in [0.25, 0.3) is 0 Å². The van der Waals surface area contributed by atoms with Crippen LogP contribution in [0, 0.1) is 5.92 Å². The molecule has 0 fully saturated rings. The molecule has 3 nitrogen and oxygen atoms in total. The average Bonchev–Trinajstić information content (AvgIpc) is 2.19. The van der Waals surface area contributed by atoms with Crippen LogP contribution in [0.5, 0.6) is 0 Å². The van der Waals surface area contributed by atoms with Crippen LogP contribution in [0.3, 0.4) is 0 Å². The fourth-order valence-corrected chi connectivity index (χ4v) is 1.77. The van der Waals surface area contributed by atoms with Crippen LogP contribution in [-0.2, 0) is 0 Å². The molecular weight excluding hydrogens is 289 g/mol. The lowest BCUT2D eigenvalue weighted by Crippen LogP contribution is -2.23. The van der Waals surface area contributed by atoms with Gasteiger partial charge in [-0.2, -0.15) is 0 Å². The second kappa shape index (κ2) is 6.11. The monoisotopic (exact) mass is 303 g/mol. The van der Waals surface area contributed by atoms with Gasteiger partial charge in [-0.05, 0) is 24.1 Å². The Labute approximate surface area is 109 Å². The molecule has 0 amide bonds. The van der Waals surface area contributed by atoms with Crippen molar-refractivity contribution in [2.24, 2.45) is 16.6 Å². The predicted molar refractivity (Wildman–Crippen MR) is 74.1 cm³/mol. The molecule has 5 heteroatoms. The van der Waals surface area contributed by atoms with Gasteiger partial charge < -0.3 is 11.1 Å². The molecule has 16 heavy (non-hydrogen) atoms. The van der Waals surface area contributed by atoms with Gasteiger partial charge in [0.1, 0.15) is 0 Å². The molecule has 0 saturated carbocycles. The standard InChI is InChI=1S/C11H15BrClN3/c1-7(2)6-15-11(14)16-10-4-3-8(12)5-9(10)13/h3-5,7H,6H2,1-2H3,(H3,14,15,16). The van der Waals surface area contributed by atoms with E-state index in [1.54, 1.807) is 6.07 Å². The van der Waals surface area contributed by atoms with Crippen LogP contribution >= 0.6 is 27.5 Å². The van der Waals surface area contributed by atoms with Gasteiger partial charge in [0.2, 0.25) is 0 Å². The van der Waals surface area contributed by atoms with Crippen LogP contribution in [-0.4, -0.2) is 12.5 Å². The summed E-state index contributed by atoms with van der Waals surface area (Å²) in [6, 6.07) is 5.55. The zero-order valence-electron chi connectivity index (χ0n) is 9.30. The van der Waals surface area contributed by atoms with Crippen LogP contribution in [0.25, 0.3) is 0 Å². The average molecular weight is 305 g/mol. The molecule has 0 atom stereocenters. The summed E-state index contributed by atoms with van der Waals surface area (Å²) in [6.45, 7) is 4.87. The van der Waals surface area contributed by atoms with Crippen molar-refractivity contribution in [1.82, 2.24) is 0 Å². The lowest BCUT2D eigenvalue weighted by molar-refractivity contribution is 0.665. The molecule has 0 unspecified atom stereocenters. The number of hydrogen-bond acceptors (Lipinski definition) is 1. The first-order chi connectivity index (χ1) is 7.49. The minimum Gasteiger partial charge on any atom is -0.370 e. The number of guanidine groups is 1. The zero-order chi connectivity index (χ0) is 12.1. The SMILES string of the molecule is CC(C)CN=C(N)Nc1ccc(Br)cc1Cl. The van der Waals surface area contributed by atoms with Gasteiger partial charge in [0, 0.05) is 11.0 Å². The number of hydrogen-bond donors (Lipinski definition) is 2. The van der Waals surface area contributed by atoms with Crippen molar-refractivity contribution in [1.29, 1.82) is 0 Å². The van der Waals surface area contributed by atoms with E-state index in [0.717, 1.165) is 10.2 Å². The molecular formula is C11H15BrClN3. The molecule has 0 heterocycles. The number of rotatable bonds is 3. The van der Waals surface area contributed by atoms with Crippen LogP contribution < -0.4 is 11.1 Å². The van der Waals surface area contributed by atoms with Crippen molar-refractivity contribution in [3.8, 4) is 0 Å². The third-order valence-electron chi connectivity index (χ3n) is 1.82. The Bertz CT molecular complexity index is 391. The number of nitrogens with one attached hydrogen (secondary N) is 1. The maximum atomic E-state index is 6.03. The molecule has 0 aromatic heterocycles. The maximum Gasteiger partial charge on any atom is 0.193 e. The number of nitrogens with two attached hydrogens (primary N) is 1. The second-order valence-electron chi connectivity index (χ2n) is 3.87. The summed E-state index contributed by atoms with van der Waals surface area (Å²) in [5.41, 5.74) is 6.49. The molecule has 0 aliphatic heterocycles. The molecule has 0 aliphatic rings. The molecule has 0 aliphatic carbocycles. The summed E-state index contributed by atoms with van der Waals surface area (Å²) in [5.74, 6) is 0.874. The first-order valence-electron chi connectivity index (χ1n) is 5.01. The zero-order valence-corrected chi connectivity index (χ0v) is 11.6. The van der Waals surface area contributed by atoms with E-state index in [4.69, 9.17) is 17.3 Å². The van der Waals surface area contributed by atoms with Crippen molar-refractivity contribution >= 4 is 39.2 Å². The van der Waals surface area contributed by atoms with Crippen molar-refractivity contribution < 1.29 is 0 Å². The van der Waals surface area contributed by atoms with Gasteiger partial charge in [-0.1, -0.05) is 41.4 Å². The molecule has 3 N–H and O–H groups in total. The fraction of sp³-hybridized carbons (Fsp3) is 0.364. The van der Waals surface area contributed by atoms with E-state index in [9.17, 15) is 0 Å². The lowest BCUT2D eigenvalue weighted by Gasteiger charge is -2.08. The van der Waals surface area contributed by atoms with Gasteiger partial charge in [0.05, 0.1) is 10.7 Å². The molecule has 0 saturated heterocycles. The van der Waals surface area contributed by atoms with E-state index < -0.39 is 0 Å². The van der Waals surface area contributed by atoms with E-state index in [-0.39, 0.29) is 0 Å². The Morgan fingerprint density at radius 3 is 2.81 bits per heavy atom. The third kappa shape index (κ3) is 4.41. The minimum atomic E-state index is 0.387. The summed E-state index contributed by atoms with van der Waals surface area (Å²) in [6.07, 6.45) is 0. The van der Waals surface area contributed by atoms with E-state index in [1.165, 1.54) is 0 Å². The Hall–Kier alpha value is -0.740. The van der Waals surface area contributed by atoms with Crippen molar-refractivity contribution in [2.75, 3.05) is 11.9 Å². The number of halogens is 2. The van der Waals surface area contributed by atoms with Crippen LogP contribution in [0.2, 0.25) is 5.02 Å². The fourth-order valence-electron chi connectivity index (χ4n) is 1.05. The minimum absolute atomic E-state index is 0.387. The largest absolute Gasteiger partial charge is 0.370 e. The highest BCUT2D eigenvalue weighted by Gasteiger charge is 2.02. The highest BCUT2D eigenvalue weighted by atomic mass is 79.9. The summed E-state index contributed by atoms with van der Waals surface area (Å²) >= 11 is 9.37. The Morgan fingerprint density at radius 1 is 1.56 bits per heavy atom. The van der Waals surface area contributed by atoms with Crippen molar-refractivity contribution in [3.63, 3.8) is 0 Å². The lowest BCUT2D eigenvalue weighted by atomic mass is 10.2. The molecule has 0 spiro atoms. The van der Waals surface area contributed by atoms with E-state index in [1.807, 2.05) is 12.1 Å². The highest BCUT2D eigenvalue weighted by molar-refractivity contribution is 9.10. The van der Waals surface area contributed by atoms with Crippen molar-refractivity contribution in [2.45, 2.75) is 13.8 Å². The number of nitrogens with zero attached hydrogens (tertiary/aromatic N) is 1. The van der Waals surface area contributed by atoms with Gasteiger partial charge in [0.15, 0.2) is 5.96 Å². The van der Waals surface area contributed by atoms with Gasteiger partial charge in [-0.15, -0.1) is 0 Å². The topological polar surface area (TPSA) is 50.4 Å². The summed E-state index contributed by atoms with van der Waals surface area (Å²) in [7, 11) is 0. The first kappa shape index (κ1) is 13.3. The molecule has 1 rings (SSSR count). The van der Waals surface area contributed by atoms with Crippen LogP contribution in [0.4, 0.5) is 5.69 Å². The number of anilines is 1. The van der Waals surface area contributed by atoms with E-state index >= 15 is 0 Å². The molecule has 1 aromatic carbocycles. The molecule has 88 valence electrons. The van der Waals surface area contributed by atoms with Crippen LogP contribution in [0.15, 0.2) is 27.7 Å². The van der Waals surface area contributed by atoms with Crippen LogP contribution in [0.1, 0.15) is 13.8 Å². The predicted octanol–water partition coefficient (Wildman–Crippen LogP) is 3.49. The van der Waals surface area contributed by atoms with E-state index in [0.29, 0.717) is 23.4 Å². The number of aliphatic imine (C=N–C) groups is 1. The van der Waals surface area contributed by atoms with E-state index in [2.05, 4.69) is 40.1 Å². The van der Waals surface area contributed by atoms with Gasteiger partial charge in [-0.25, -0.2) is 0 Å². The highest BCUT2D eigenvalue weighted by Crippen LogP contribution is 2.25. The quantitative estimate of drug-likeness (QED) is 0.663. The third-order valence-corrected chi connectivity index (χ3v) is 2.63. The Kier molecular flexibility index (Phi) is 5.09. The summed E-state index contributed by atoms with van der Waals surface area (Å²) in [4.78, 5) is 4.20. The molecule has 0 bridgehead atoms. The molecule has 1 aromatic rings. The Balaban J connectivity index is 2.69.